The van der Waals surface area contributed by atoms with Crippen molar-refractivity contribution in [3.63, 3.8) is 0 Å². The Morgan fingerprint density at radius 1 is 1.24 bits per heavy atom. The first-order valence-corrected chi connectivity index (χ1v) is 10.7. The van der Waals surface area contributed by atoms with E-state index in [1.54, 1.807) is 6.20 Å². The predicted molar refractivity (Wildman–Crippen MR) is 110 cm³/mol. The molecule has 0 radical (unpaired) electrons. The first-order chi connectivity index (χ1) is 14.2. The number of aromatic nitrogens is 4. The molecule has 3 aromatic heterocycles. The lowest BCUT2D eigenvalue weighted by molar-refractivity contribution is -0.120. The third kappa shape index (κ3) is 3.59. The van der Waals surface area contributed by atoms with Crippen LogP contribution in [0.5, 0.6) is 0 Å². The molecule has 2 N–H and O–H groups in total. The summed E-state index contributed by atoms with van der Waals surface area (Å²) in [5.74, 6) is 2.03. The number of pyridine rings is 1. The second-order valence-electron chi connectivity index (χ2n) is 8.59. The molecule has 3 aromatic rings. The average molecular weight is 390 g/mol. The van der Waals surface area contributed by atoms with E-state index in [1.807, 2.05) is 12.3 Å². The molecule has 0 bridgehead atoms. The Labute approximate surface area is 169 Å². The number of hydrogen-bond acceptors (Lipinski definition) is 4. The minimum atomic E-state index is 0.0462. The molecule has 1 amide bonds. The number of carbonyl (C=O) groups excluding carboxylic acids is 1. The maximum absolute atomic E-state index is 12.6. The van der Waals surface area contributed by atoms with Crippen molar-refractivity contribution in [3.05, 3.63) is 24.3 Å². The zero-order valence-electron chi connectivity index (χ0n) is 16.5. The molecule has 0 atom stereocenters. The van der Waals surface area contributed by atoms with E-state index in [4.69, 9.17) is 10.2 Å². The summed E-state index contributed by atoms with van der Waals surface area (Å²) in [7, 11) is 0. The molecule has 0 unspecified atom stereocenters. The molecule has 0 aromatic carbocycles. The number of H-pyrrole nitrogens is 1. The molecule has 150 valence electrons. The Hall–Kier alpha value is -2.88. The molecule has 0 saturated heterocycles. The highest BCUT2D eigenvalue weighted by Gasteiger charge is 2.28. The van der Waals surface area contributed by atoms with Crippen molar-refractivity contribution in [1.82, 2.24) is 24.8 Å². The molecular formula is C22H26N6O. The van der Waals surface area contributed by atoms with Gasteiger partial charge in [-0.3, -0.25) is 4.79 Å². The Balaban J connectivity index is 1.49. The number of rotatable bonds is 6. The van der Waals surface area contributed by atoms with Gasteiger partial charge in [0.25, 0.3) is 0 Å². The summed E-state index contributed by atoms with van der Waals surface area (Å²) in [5.41, 5.74) is 2.77. The first kappa shape index (κ1) is 18.2. The largest absolute Gasteiger partial charge is 0.355 e. The third-order valence-electron chi connectivity index (χ3n) is 6.47. The van der Waals surface area contributed by atoms with Gasteiger partial charge in [-0.05, 0) is 56.4 Å². The standard InChI is InChI=1S/C22H26N6O/c23-9-7-14-3-5-16(6-4-14)28-19(11-20(29)25-12-15-1-2-15)27-18-13-26-22-17(21(18)28)8-10-24-22/h8,10,13-16H,1-7,11-12H2,(H,24,26)(H,25,29). The smallest absolute Gasteiger partial charge is 0.227 e. The lowest BCUT2D eigenvalue weighted by Crippen LogP contribution is -2.29. The molecule has 7 heteroatoms. The molecule has 29 heavy (non-hydrogen) atoms. The first-order valence-electron chi connectivity index (χ1n) is 10.7. The number of imidazole rings is 1. The number of nitrogens with zero attached hydrogens (tertiary/aromatic N) is 4. The van der Waals surface area contributed by atoms with Crippen molar-refractivity contribution < 1.29 is 4.79 Å². The van der Waals surface area contributed by atoms with E-state index in [9.17, 15) is 4.79 Å². The van der Waals surface area contributed by atoms with Crippen LogP contribution in [0.3, 0.4) is 0 Å². The summed E-state index contributed by atoms with van der Waals surface area (Å²) in [6, 6.07) is 4.67. The summed E-state index contributed by atoms with van der Waals surface area (Å²) in [6.07, 6.45) is 11.2. The van der Waals surface area contributed by atoms with E-state index < -0.39 is 0 Å². The second-order valence-corrected chi connectivity index (χ2v) is 8.59. The Bertz CT molecular complexity index is 1080. The van der Waals surface area contributed by atoms with Crippen LogP contribution in [0, 0.1) is 23.2 Å². The number of aromatic amines is 1. The number of carbonyl (C=O) groups is 1. The number of fused-ring (bicyclic) bond motifs is 3. The highest BCUT2D eigenvalue weighted by molar-refractivity contribution is 6.01. The van der Waals surface area contributed by atoms with Crippen LogP contribution in [-0.2, 0) is 11.2 Å². The average Bonchev–Trinajstić information content (AvgIpc) is 3.30. The fourth-order valence-electron chi connectivity index (χ4n) is 4.68. The van der Waals surface area contributed by atoms with Gasteiger partial charge in [-0.2, -0.15) is 5.26 Å². The topological polar surface area (TPSA) is 99.4 Å². The van der Waals surface area contributed by atoms with Gasteiger partial charge in [0, 0.05) is 30.6 Å². The second kappa shape index (κ2) is 7.51. The van der Waals surface area contributed by atoms with E-state index in [0.29, 0.717) is 30.7 Å². The lowest BCUT2D eigenvalue weighted by atomic mass is 9.84. The Kier molecular flexibility index (Phi) is 4.70. The lowest BCUT2D eigenvalue weighted by Gasteiger charge is -2.30. The van der Waals surface area contributed by atoms with Crippen LogP contribution in [0.25, 0.3) is 22.1 Å². The molecule has 5 rings (SSSR count). The van der Waals surface area contributed by atoms with Crippen LogP contribution in [0.4, 0.5) is 0 Å². The van der Waals surface area contributed by atoms with E-state index in [-0.39, 0.29) is 5.91 Å². The monoisotopic (exact) mass is 390 g/mol. The van der Waals surface area contributed by atoms with Crippen molar-refractivity contribution >= 4 is 28.0 Å². The molecule has 0 aliphatic heterocycles. The predicted octanol–water partition coefficient (Wildman–Crippen LogP) is 3.63. The fraction of sp³-hybridized carbons (Fsp3) is 0.545. The molecule has 2 saturated carbocycles. The molecule has 2 aliphatic carbocycles. The number of nitriles is 1. The van der Waals surface area contributed by atoms with Gasteiger partial charge in [-0.1, -0.05) is 0 Å². The van der Waals surface area contributed by atoms with Gasteiger partial charge in [-0.15, -0.1) is 0 Å². The van der Waals surface area contributed by atoms with Gasteiger partial charge in [0.15, 0.2) is 0 Å². The van der Waals surface area contributed by atoms with Crippen LogP contribution in [0.2, 0.25) is 0 Å². The van der Waals surface area contributed by atoms with Gasteiger partial charge in [-0.25, -0.2) is 9.97 Å². The van der Waals surface area contributed by atoms with Crippen LogP contribution >= 0.6 is 0 Å². The molecule has 0 spiro atoms. The summed E-state index contributed by atoms with van der Waals surface area (Å²) in [5, 5.41) is 13.1. The maximum atomic E-state index is 12.6. The highest BCUT2D eigenvalue weighted by Crippen LogP contribution is 2.38. The Morgan fingerprint density at radius 2 is 2.03 bits per heavy atom. The van der Waals surface area contributed by atoms with Crippen molar-refractivity contribution in [2.75, 3.05) is 6.54 Å². The minimum Gasteiger partial charge on any atom is -0.355 e. The fourth-order valence-corrected chi connectivity index (χ4v) is 4.68. The van der Waals surface area contributed by atoms with Gasteiger partial charge < -0.3 is 14.9 Å². The van der Waals surface area contributed by atoms with Gasteiger partial charge in [0.05, 0.1) is 24.2 Å². The van der Waals surface area contributed by atoms with Crippen molar-refractivity contribution in [2.45, 2.75) is 57.4 Å². The molecule has 2 fully saturated rings. The van der Waals surface area contributed by atoms with Crippen LogP contribution in [0.15, 0.2) is 18.5 Å². The number of nitrogens with one attached hydrogen (secondary N) is 2. The zero-order valence-corrected chi connectivity index (χ0v) is 16.5. The SMILES string of the molecule is N#CCC1CCC(n2c(CC(=O)NCC3CC3)nc3cnc4[nH]ccc4c32)CC1. The van der Waals surface area contributed by atoms with Crippen molar-refractivity contribution in [2.24, 2.45) is 11.8 Å². The van der Waals surface area contributed by atoms with Gasteiger partial charge >= 0.3 is 0 Å². The normalized spacial score (nSPS) is 22.0. The summed E-state index contributed by atoms with van der Waals surface area (Å²) < 4.78 is 2.30. The summed E-state index contributed by atoms with van der Waals surface area (Å²) in [4.78, 5) is 25.1. The highest BCUT2D eigenvalue weighted by atomic mass is 16.1. The van der Waals surface area contributed by atoms with Crippen LogP contribution in [0.1, 0.15) is 56.8 Å². The summed E-state index contributed by atoms with van der Waals surface area (Å²) in [6.45, 7) is 0.780. The maximum Gasteiger partial charge on any atom is 0.227 e. The summed E-state index contributed by atoms with van der Waals surface area (Å²) >= 11 is 0. The minimum absolute atomic E-state index is 0.0462. The third-order valence-corrected chi connectivity index (χ3v) is 6.47. The quantitative estimate of drug-likeness (QED) is 0.671. The molecule has 2 aliphatic rings. The van der Waals surface area contributed by atoms with E-state index in [1.165, 1.54) is 12.8 Å². The Morgan fingerprint density at radius 3 is 2.79 bits per heavy atom. The van der Waals surface area contributed by atoms with Crippen molar-refractivity contribution in [1.29, 1.82) is 5.26 Å². The van der Waals surface area contributed by atoms with Crippen LogP contribution < -0.4 is 5.32 Å². The van der Waals surface area contributed by atoms with Crippen LogP contribution in [-0.4, -0.2) is 32.0 Å². The molecule has 3 heterocycles. The van der Waals surface area contributed by atoms with Gasteiger partial charge in [0.2, 0.25) is 5.91 Å². The van der Waals surface area contributed by atoms with Crippen molar-refractivity contribution in [3.8, 4) is 6.07 Å². The van der Waals surface area contributed by atoms with E-state index in [2.05, 4.69) is 25.9 Å². The van der Waals surface area contributed by atoms with E-state index >= 15 is 0 Å². The molecular weight excluding hydrogens is 364 g/mol. The van der Waals surface area contributed by atoms with Gasteiger partial charge in [0.1, 0.15) is 17.0 Å². The molecule has 7 nitrogen and oxygen atoms in total. The number of hydrogen-bond donors (Lipinski definition) is 2. The number of amides is 1. The zero-order chi connectivity index (χ0) is 19.8. The van der Waals surface area contributed by atoms with E-state index in [0.717, 1.165) is 60.1 Å².